The Morgan fingerprint density at radius 2 is 2.08 bits per heavy atom. The summed E-state index contributed by atoms with van der Waals surface area (Å²) in [5, 5.41) is 0. The second kappa shape index (κ2) is 3.43. The van der Waals surface area contributed by atoms with Gasteiger partial charge in [-0.15, -0.1) is 0 Å². The second-order valence-corrected chi connectivity index (χ2v) is 3.87. The van der Waals surface area contributed by atoms with Gasteiger partial charge in [0.05, 0.1) is 5.69 Å². The van der Waals surface area contributed by atoms with E-state index in [1.165, 1.54) is 6.92 Å². The quantitative estimate of drug-likeness (QED) is 0.486. The van der Waals surface area contributed by atoms with Crippen molar-refractivity contribution in [2.45, 2.75) is 13.8 Å². The fourth-order valence-corrected chi connectivity index (χ4v) is 1.62. The van der Waals surface area contributed by atoms with E-state index in [4.69, 9.17) is 5.73 Å². The lowest BCUT2D eigenvalue weighted by Crippen LogP contribution is -2.04. The molecule has 1 aromatic rings. The van der Waals surface area contributed by atoms with Crippen LogP contribution in [-0.4, -0.2) is 5.78 Å². The van der Waals surface area contributed by atoms with Gasteiger partial charge in [0.15, 0.2) is 5.78 Å². The molecule has 2 nitrogen and oxygen atoms in total. The van der Waals surface area contributed by atoms with Gasteiger partial charge in [0, 0.05) is 9.13 Å². The Kier molecular flexibility index (Phi) is 2.72. The monoisotopic (exact) mass is 275 g/mol. The van der Waals surface area contributed by atoms with Crippen molar-refractivity contribution < 1.29 is 4.79 Å². The average molecular weight is 275 g/mol. The van der Waals surface area contributed by atoms with Crippen LogP contribution in [0.15, 0.2) is 12.1 Å². The van der Waals surface area contributed by atoms with Gasteiger partial charge in [-0.25, -0.2) is 0 Å². The number of benzene rings is 1. The number of Topliss-reactive ketones (excluding diaryl/α,β-unsaturated/α-hetero) is 1. The van der Waals surface area contributed by atoms with Gasteiger partial charge in [0.2, 0.25) is 0 Å². The lowest BCUT2D eigenvalue weighted by atomic mass is 10.0. The predicted molar refractivity (Wildman–Crippen MR) is 58.3 cm³/mol. The minimum atomic E-state index is 0.0310. The highest BCUT2D eigenvalue weighted by molar-refractivity contribution is 14.1. The molecule has 64 valence electrons. The molecule has 0 aliphatic rings. The normalized spacial score (nSPS) is 9.92. The van der Waals surface area contributed by atoms with E-state index in [1.54, 1.807) is 0 Å². The molecule has 0 aromatic heterocycles. The number of hydrogen-bond acceptors (Lipinski definition) is 2. The van der Waals surface area contributed by atoms with E-state index in [0.29, 0.717) is 11.3 Å². The maximum Gasteiger partial charge on any atom is 0.162 e. The van der Waals surface area contributed by atoms with Gasteiger partial charge < -0.3 is 5.73 Å². The molecular formula is C9H10INO. The molecule has 0 radical (unpaired) electrons. The van der Waals surface area contributed by atoms with Crippen LogP contribution in [0.25, 0.3) is 0 Å². The lowest BCUT2D eigenvalue weighted by Gasteiger charge is -2.07. The minimum Gasteiger partial charge on any atom is -0.397 e. The Hall–Kier alpha value is -0.580. The zero-order valence-electron chi connectivity index (χ0n) is 7.02. The van der Waals surface area contributed by atoms with Crippen molar-refractivity contribution in [3.8, 4) is 0 Å². The summed E-state index contributed by atoms with van der Waals surface area (Å²) in [5.41, 5.74) is 7.96. The molecule has 2 N–H and O–H groups in total. The predicted octanol–water partition coefficient (Wildman–Crippen LogP) is 2.38. The Balaban J connectivity index is 3.43. The van der Waals surface area contributed by atoms with Gasteiger partial charge >= 0.3 is 0 Å². The molecule has 0 aliphatic carbocycles. The topological polar surface area (TPSA) is 43.1 Å². The van der Waals surface area contributed by atoms with Crippen LogP contribution < -0.4 is 5.73 Å². The zero-order chi connectivity index (χ0) is 9.30. The van der Waals surface area contributed by atoms with Crippen LogP contribution in [0.4, 0.5) is 5.69 Å². The first-order valence-corrected chi connectivity index (χ1v) is 4.67. The third kappa shape index (κ3) is 1.60. The Bertz CT molecular complexity index is 334. The molecule has 0 aliphatic heterocycles. The van der Waals surface area contributed by atoms with Crippen LogP contribution in [0.5, 0.6) is 0 Å². The summed E-state index contributed by atoms with van der Waals surface area (Å²) in [4.78, 5) is 11.2. The molecule has 3 heteroatoms. The molecule has 0 atom stereocenters. The van der Waals surface area contributed by atoms with Crippen LogP contribution in [0.3, 0.4) is 0 Å². The zero-order valence-corrected chi connectivity index (χ0v) is 9.18. The first-order chi connectivity index (χ1) is 5.54. The highest BCUT2D eigenvalue weighted by atomic mass is 127. The van der Waals surface area contributed by atoms with E-state index < -0.39 is 0 Å². The number of carbonyl (C=O) groups is 1. The molecule has 1 aromatic carbocycles. The van der Waals surface area contributed by atoms with E-state index in [2.05, 4.69) is 22.6 Å². The third-order valence-corrected chi connectivity index (χ3v) is 2.69. The number of anilines is 1. The van der Waals surface area contributed by atoms with Crippen molar-refractivity contribution in [3.63, 3.8) is 0 Å². The lowest BCUT2D eigenvalue weighted by molar-refractivity contribution is 0.101. The smallest absolute Gasteiger partial charge is 0.162 e. The Labute approximate surface area is 85.3 Å². The van der Waals surface area contributed by atoms with Crippen molar-refractivity contribution in [3.05, 3.63) is 26.8 Å². The van der Waals surface area contributed by atoms with E-state index in [1.807, 2.05) is 19.1 Å². The number of ketones is 1. The number of nitrogen functional groups attached to an aromatic ring is 1. The van der Waals surface area contributed by atoms with Crippen molar-refractivity contribution in [2.75, 3.05) is 5.73 Å². The minimum absolute atomic E-state index is 0.0310. The molecular weight excluding hydrogens is 265 g/mol. The summed E-state index contributed by atoms with van der Waals surface area (Å²) in [6.07, 6.45) is 0. The van der Waals surface area contributed by atoms with Crippen LogP contribution in [0, 0.1) is 10.5 Å². The number of carbonyl (C=O) groups excluding carboxylic acids is 1. The highest BCUT2D eigenvalue weighted by Gasteiger charge is 2.09. The van der Waals surface area contributed by atoms with E-state index >= 15 is 0 Å². The molecule has 0 saturated heterocycles. The van der Waals surface area contributed by atoms with Crippen LogP contribution in [0.1, 0.15) is 22.8 Å². The number of nitrogens with two attached hydrogens (primary N) is 1. The Morgan fingerprint density at radius 1 is 1.50 bits per heavy atom. The Morgan fingerprint density at radius 3 is 2.50 bits per heavy atom. The van der Waals surface area contributed by atoms with Gasteiger partial charge in [-0.05, 0) is 48.1 Å². The first-order valence-electron chi connectivity index (χ1n) is 3.59. The standard InChI is InChI=1S/C9H10INO/c1-5-3-4-7(10)9(11)8(5)6(2)12/h3-4H,11H2,1-2H3. The van der Waals surface area contributed by atoms with Gasteiger partial charge in [0.25, 0.3) is 0 Å². The summed E-state index contributed by atoms with van der Waals surface area (Å²) in [6.45, 7) is 3.43. The van der Waals surface area contributed by atoms with E-state index in [0.717, 1.165) is 9.13 Å². The van der Waals surface area contributed by atoms with Crippen molar-refractivity contribution >= 4 is 34.1 Å². The summed E-state index contributed by atoms with van der Waals surface area (Å²) in [7, 11) is 0. The number of rotatable bonds is 1. The summed E-state index contributed by atoms with van der Waals surface area (Å²) in [5.74, 6) is 0.0310. The fourth-order valence-electron chi connectivity index (χ4n) is 1.17. The molecule has 0 heterocycles. The van der Waals surface area contributed by atoms with Crippen molar-refractivity contribution in [1.82, 2.24) is 0 Å². The molecule has 0 fully saturated rings. The molecule has 12 heavy (non-hydrogen) atoms. The van der Waals surface area contributed by atoms with E-state index in [-0.39, 0.29) is 5.78 Å². The third-order valence-electron chi connectivity index (χ3n) is 1.75. The molecule has 1 rings (SSSR count). The molecule has 0 saturated carbocycles. The molecule has 0 unspecified atom stereocenters. The van der Waals surface area contributed by atoms with Gasteiger partial charge in [-0.2, -0.15) is 0 Å². The summed E-state index contributed by atoms with van der Waals surface area (Å²) >= 11 is 2.12. The average Bonchev–Trinajstić information content (AvgIpc) is 1.97. The molecule has 0 bridgehead atoms. The summed E-state index contributed by atoms with van der Waals surface area (Å²) in [6, 6.07) is 3.83. The van der Waals surface area contributed by atoms with Crippen LogP contribution in [0.2, 0.25) is 0 Å². The first kappa shape index (κ1) is 9.51. The maximum absolute atomic E-state index is 11.2. The number of hydrogen-bond donors (Lipinski definition) is 1. The van der Waals surface area contributed by atoms with Gasteiger partial charge in [-0.1, -0.05) is 6.07 Å². The number of aryl methyl sites for hydroxylation is 1. The highest BCUT2D eigenvalue weighted by Crippen LogP contribution is 2.23. The van der Waals surface area contributed by atoms with Crippen LogP contribution >= 0.6 is 22.6 Å². The second-order valence-electron chi connectivity index (χ2n) is 2.71. The number of halogens is 1. The molecule has 0 spiro atoms. The van der Waals surface area contributed by atoms with Gasteiger partial charge in [-0.3, -0.25) is 4.79 Å². The maximum atomic E-state index is 11.2. The van der Waals surface area contributed by atoms with Crippen molar-refractivity contribution in [2.24, 2.45) is 0 Å². The SMILES string of the molecule is CC(=O)c1c(C)ccc(I)c1N. The molecule has 0 amide bonds. The van der Waals surface area contributed by atoms with Crippen molar-refractivity contribution in [1.29, 1.82) is 0 Å². The summed E-state index contributed by atoms with van der Waals surface area (Å²) < 4.78 is 0.934. The van der Waals surface area contributed by atoms with E-state index in [9.17, 15) is 4.79 Å². The van der Waals surface area contributed by atoms with Crippen LogP contribution in [-0.2, 0) is 0 Å². The van der Waals surface area contributed by atoms with Gasteiger partial charge in [0.1, 0.15) is 0 Å². The fraction of sp³-hybridized carbons (Fsp3) is 0.222. The largest absolute Gasteiger partial charge is 0.397 e.